The molecule has 66 valence electrons. The fourth-order valence-corrected chi connectivity index (χ4v) is 0.258. The largest absolute Gasteiger partial charge is 1.00 e. The fourth-order valence-electron chi connectivity index (χ4n) is 0.258. The fraction of sp³-hybridized carbons (Fsp3) is 0.500. The van der Waals surface area contributed by atoms with Gasteiger partial charge in [-0.25, -0.2) is 5.26 Å². The first-order chi connectivity index (χ1) is 3.77. The summed E-state index contributed by atoms with van der Waals surface area (Å²) in [6.45, 7) is 8.03. The molecule has 0 aromatic carbocycles. The van der Waals surface area contributed by atoms with Gasteiger partial charge in [0.25, 0.3) is 0 Å². The van der Waals surface area contributed by atoms with Crippen molar-refractivity contribution in [3.8, 4) is 6.57 Å². The molecule has 0 saturated carbocycles. The van der Waals surface area contributed by atoms with E-state index in [1.165, 1.54) is 0 Å². The molecule has 0 amide bonds. The normalized spacial score (nSPS) is 5.18. The molecule has 0 radical (unpaired) electrons. The number of likely N-dealkylation sites (N-methyl/N-ethyl adjacent to an activating group) is 1. The van der Waals surface area contributed by atoms with Crippen molar-refractivity contribution in [2.24, 2.45) is 0 Å². The van der Waals surface area contributed by atoms with Crippen LogP contribution in [0.3, 0.4) is 0 Å². The van der Waals surface area contributed by atoms with Crippen LogP contribution < -0.4 is 51.4 Å². The SMILES string of the molecule is C#N.C=CCN(C)C.Cl.[H-].[K+].[Ni]. The molecule has 11 heavy (non-hydrogen) atoms. The van der Waals surface area contributed by atoms with Gasteiger partial charge in [0.2, 0.25) is 0 Å². The Balaban J connectivity index is -0.0000000140. The van der Waals surface area contributed by atoms with E-state index in [0.29, 0.717) is 0 Å². The molecule has 0 rings (SSSR count). The summed E-state index contributed by atoms with van der Waals surface area (Å²) in [4.78, 5) is 2.06. The van der Waals surface area contributed by atoms with Gasteiger partial charge in [-0.2, -0.15) is 0 Å². The van der Waals surface area contributed by atoms with E-state index < -0.39 is 0 Å². The Hall–Kier alpha value is 1.61. The van der Waals surface area contributed by atoms with E-state index in [4.69, 9.17) is 5.26 Å². The molecular weight excluding hydrogens is 233 g/mol. The summed E-state index contributed by atoms with van der Waals surface area (Å²) in [6.07, 6.45) is 1.88. The topological polar surface area (TPSA) is 27.0 Å². The first-order valence-corrected chi connectivity index (χ1v) is 2.29. The van der Waals surface area contributed by atoms with E-state index in [2.05, 4.69) is 18.1 Å². The minimum Gasteiger partial charge on any atom is -1.00 e. The van der Waals surface area contributed by atoms with Gasteiger partial charge in [0.15, 0.2) is 0 Å². The van der Waals surface area contributed by atoms with Crippen LogP contribution in [-0.2, 0) is 16.5 Å². The molecular formula is C6H14ClKN2Ni. The number of nitriles is 1. The molecule has 0 aromatic heterocycles. The predicted molar refractivity (Wildman–Crippen MR) is 43.8 cm³/mol. The van der Waals surface area contributed by atoms with Crippen molar-refractivity contribution < 1.29 is 69.3 Å². The molecule has 0 N–H and O–H groups in total. The van der Waals surface area contributed by atoms with E-state index in [1.54, 1.807) is 0 Å². The Bertz CT molecular complexity index is 83.2. The van der Waals surface area contributed by atoms with E-state index in [-0.39, 0.29) is 81.7 Å². The minimum atomic E-state index is 0. The van der Waals surface area contributed by atoms with Gasteiger partial charge < -0.3 is 6.33 Å². The molecule has 0 bridgehead atoms. The Labute approximate surface area is 130 Å². The van der Waals surface area contributed by atoms with Crippen molar-refractivity contribution in [2.45, 2.75) is 0 Å². The molecule has 0 saturated heterocycles. The molecule has 0 atom stereocenters. The van der Waals surface area contributed by atoms with Crippen molar-refractivity contribution in [1.82, 2.24) is 4.90 Å². The first-order valence-electron chi connectivity index (χ1n) is 2.29. The maximum absolute atomic E-state index is 6.50. The minimum absolute atomic E-state index is 0. The van der Waals surface area contributed by atoms with Crippen LogP contribution in [0.1, 0.15) is 1.43 Å². The van der Waals surface area contributed by atoms with Gasteiger partial charge in [0.05, 0.1) is 0 Å². The third-order valence-corrected chi connectivity index (χ3v) is 0.494. The summed E-state index contributed by atoms with van der Waals surface area (Å²) in [5.74, 6) is 0. The average molecular weight is 247 g/mol. The Morgan fingerprint density at radius 1 is 1.55 bits per heavy atom. The summed E-state index contributed by atoms with van der Waals surface area (Å²) < 4.78 is 0. The van der Waals surface area contributed by atoms with Crippen LogP contribution in [0, 0.1) is 11.8 Å². The Kier molecular flexibility index (Phi) is 79.8. The van der Waals surface area contributed by atoms with Crippen LogP contribution in [-0.4, -0.2) is 25.5 Å². The number of hydrogen-bond acceptors (Lipinski definition) is 2. The summed E-state index contributed by atoms with van der Waals surface area (Å²) >= 11 is 0. The summed E-state index contributed by atoms with van der Waals surface area (Å²) in [5.41, 5.74) is 0. The molecule has 0 aliphatic rings. The standard InChI is InChI=1S/C5H11N.CHN.ClH.K.Ni.H/c1-4-5-6(2)3;1-2;;;;/h4H,1,5H2,2-3H3;1H;1H;;;/q;;;+1;;-1. The second-order valence-electron chi connectivity index (χ2n) is 1.55. The molecule has 0 aliphatic heterocycles. The van der Waals surface area contributed by atoms with E-state index >= 15 is 0 Å². The predicted octanol–water partition coefficient (Wildman–Crippen LogP) is -1.59. The molecule has 0 aromatic rings. The van der Waals surface area contributed by atoms with Crippen LogP contribution in [0.2, 0.25) is 0 Å². The zero-order chi connectivity index (χ0) is 6.99. The average Bonchev–Trinajstić information content (AvgIpc) is 1.72. The monoisotopic (exact) mass is 246 g/mol. The van der Waals surface area contributed by atoms with Crippen LogP contribution in [0.5, 0.6) is 0 Å². The Morgan fingerprint density at radius 3 is 1.82 bits per heavy atom. The van der Waals surface area contributed by atoms with E-state index in [0.717, 1.165) is 6.54 Å². The third-order valence-electron chi connectivity index (χ3n) is 0.494. The number of hydrogen-bond donors (Lipinski definition) is 0. The molecule has 0 heterocycles. The van der Waals surface area contributed by atoms with Gasteiger partial charge in [-0.05, 0) is 14.1 Å². The first kappa shape index (κ1) is 29.4. The van der Waals surface area contributed by atoms with Crippen molar-refractivity contribution in [3.63, 3.8) is 0 Å². The van der Waals surface area contributed by atoms with Crippen molar-refractivity contribution >= 4 is 12.4 Å². The Morgan fingerprint density at radius 2 is 1.82 bits per heavy atom. The van der Waals surface area contributed by atoms with Crippen molar-refractivity contribution in [2.75, 3.05) is 20.6 Å². The van der Waals surface area contributed by atoms with Crippen LogP contribution in [0.25, 0.3) is 0 Å². The maximum Gasteiger partial charge on any atom is 1.00 e. The quantitative estimate of drug-likeness (QED) is 0.435. The molecule has 5 heteroatoms. The van der Waals surface area contributed by atoms with E-state index in [1.807, 2.05) is 20.2 Å². The van der Waals surface area contributed by atoms with Gasteiger partial charge in [0.1, 0.15) is 0 Å². The van der Waals surface area contributed by atoms with Gasteiger partial charge >= 0.3 is 51.4 Å². The van der Waals surface area contributed by atoms with Crippen LogP contribution in [0.15, 0.2) is 12.7 Å². The summed E-state index contributed by atoms with van der Waals surface area (Å²) in [7, 11) is 4.03. The summed E-state index contributed by atoms with van der Waals surface area (Å²) in [5, 5.41) is 6.50. The molecule has 0 fully saturated rings. The number of halogens is 1. The van der Waals surface area contributed by atoms with Gasteiger partial charge in [-0.1, -0.05) is 6.08 Å². The zero-order valence-electron chi connectivity index (χ0n) is 8.19. The molecule has 0 unspecified atom stereocenters. The second-order valence-corrected chi connectivity index (χ2v) is 1.55. The van der Waals surface area contributed by atoms with Crippen LogP contribution in [0.4, 0.5) is 0 Å². The van der Waals surface area contributed by atoms with Crippen molar-refractivity contribution in [1.29, 1.82) is 5.26 Å². The van der Waals surface area contributed by atoms with E-state index in [9.17, 15) is 0 Å². The molecule has 2 nitrogen and oxygen atoms in total. The van der Waals surface area contributed by atoms with Crippen LogP contribution >= 0.6 is 12.4 Å². The smallest absolute Gasteiger partial charge is 1.00 e. The molecule has 0 aliphatic carbocycles. The molecule has 0 spiro atoms. The van der Waals surface area contributed by atoms with Gasteiger partial charge in [-0.15, -0.1) is 19.0 Å². The summed E-state index contributed by atoms with van der Waals surface area (Å²) in [6, 6.07) is 0. The number of rotatable bonds is 2. The number of nitrogens with zero attached hydrogens (tertiary/aromatic N) is 2. The van der Waals surface area contributed by atoms with Gasteiger partial charge in [-0.3, -0.25) is 0 Å². The van der Waals surface area contributed by atoms with Crippen molar-refractivity contribution in [3.05, 3.63) is 12.7 Å². The zero-order valence-corrected chi connectivity index (χ0v) is 12.1. The van der Waals surface area contributed by atoms with Gasteiger partial charge in [0, 0.05) is 29.6 Å². The third kappa shape index (κ3) is 50.5. The maximum atomic E-state index is 6.50. The second kappa shape index (κ2) is 29.9.